The van der Waals surface area contributed by atoms with E-state index in [1.165, 1.54) is 9.58 Å². The average molecular weight is 377 g/mol. The van der Waals surface area contributed by atoms with Gasteiger partial charge in [0, 0.05) is 25.4 Å². The number of carbonyl (C=O) groups excluding carboxylic acids is 1. The minimum absolute atomic E-state index is 0.0689. The van der Waals surface area contributed by atoms with Gasteiger partial charge in [0.05, 0.1) is 17.5 Å². The second kappa shape index (κ2) is 6.92. The van der Waals surface area contributed by atoms with Crippen molar-refractivity contribution < 1.29 is 14.7 Å². The molecule has 0 saturated carbocycles. The zero-order valence-corrected chi connectivity index (χ0v) is 15.3. The summed E-state index contributed by atoms with van der Waals surface area (Å²) in [6.45, 7) is 0.246. The molecule has 0 aliphatic carbocycles. The highest BCUT2D eigenvalue weighted by atomic mass is 16.4. The number of nitrogens with zero attached hydrogens (tertiary/aromatic N) is 3. The van der Waals surface area contributed by atoms with E-state index in [4.69, 9.17) is 0 Å². The number of hydrogen-bond donors (Lipinski definition) is 1. The summed E-state index contributed by atoms with van der Waals surface area (Å²) in [5.74, 6) is -1.35. The van der Waals surface area contributed by atoms with Crippen molar-refractivity contribution in [3.63, 3.8) is 0 Å². The van der Waals surface area contributed by atoms with Gasteiger partial charge >= 0.3 is 5.97 Å². The van der Waals surface area contributed by atoms with Gasteiger partial charge in [-0.3, -0.25) is 9.59 Å². The van der Waals surface area contributed by atoms with Gasteiger partial charge in [-0.1, -0.05) is 42.5 Å². The van der Waals surface area contributed by atoms with Gasteiger partial charge in [-0.05, 0) is 17.2 Å². The van der Waals surface area contributed by atoms with Gasteiger partial charge in [0.2, 0.25) is 5.91 Å². The van der Waals surface area contributed by atoms with Crippen LogP contribution in [0.4, 0.5) is 0 Å². The number of carboxylic acids is 1. The summed E-state index contributed by atoms with van der Waals surface area (Å²) in [5.41, 5.74) is 2.13. The fourth-order valence-electron chi connectivity index (χ4n) is 3.76. The van der Waals surface area contributed by atoms with E-state index < -0.39 is 12.0 Å². The summed E-state index contributed by atoms with van der Waals surface area (Å²) in [7, 11) is 1.54. The second-order valence-corrected chi connectivity index (χ2v) is 6.95. The van der Waals surface area contributed by atoms with Crippen molar-refractivity contribution in [2.24, 2.45) is 7.05 Å². The zero-order chi connectivity index (χ0) is 19.8. The number of rotatable bonds is 3. The highest BCUT2D eigenvalue weighted by molar-refractivity contribution is 5.90. The molecule has 0 fully saturated rings. The third-order valence-corrected chi connectivity index (χ3v) is 5.21. The minimum Gasteiger partial charge on any atom is -0.480 e. The number of aryl methyl sites for hydroxylation is 1. The predicted octanol–water partition coefficient (Wildman–Crippen LogP) is 1.51. The van der Waals surface area contributed by atoms with Crippen molar-refractivity contribution in [3.05, 3.63) is 75.7 Å². The molecule has 28 heavy (non-hydrogen) atoms. The van der Waals surface area contributed by atoms with Crippen LogP contribution < -0.4 is 5.56 Å². The molecule has 0 bridgehead atoms. The van der Waals surface area contributed by atoms with Crippen LogP contribution in [0.2, 0.25) is 0 Å². The monoisotopic (exact) mass is 377 g/mol. The Bertz CT molecular complexity index is 1150. The van der Waals surface area contributed by atoms with Gasteiger partial charge in [-0.2, -0.15) is 5.10 Å². The van der Waals surface area contributed by atoms with E-state index in [0.717, 1.165) is 11.1 Å². The number of carbonyl (C=O) groups is 2. The van der Waals surface area contributed by atoms with Gasteiger partial charge in [0.15, 0.2) is 0 Å². The minimum atomic E-state index is -1.03. The van der Waals surface area contributed by atoms with Crippen molar-refractivity contribution >= 4 is 22.6 Å². The van der Waals surface area contributed by atoms with Crippen molar-refractivity contribution in [2.75, 3.05) is 0 Å². The number of aromatic nitrogens is 2. The molecule has 1 N–H and O–H groups in total. The molecule has 1 aliphatic heterocycles. The SMILES string of the molecule is Cn1nc(CC(=O)N2Cc3ccccc3C[C@@H]2C(=O)O)c2ccccc2c1=O. The van der Waals surface area contributed by atoms with Gasteiger partial charge < -0.3 is 10.0 Å². The summed E-state index contributed by atoms with van der Waals surface area (Å²) in [5, 5.41) is 15.0. The van der Waals surface area contributed by atoms with Crippen LogP contribution in [0.3, 0.4) is 0 Å². The molecule has 7 nitrogen and oxygen atoms in total. The van der Waals surface area contributed by atoms with Gasteiger partial charge in [0.1, 0.15) is 6.04 Å². The molecule has 1 atom stereocenters. The molecular formula is C21H19N3O4. The van der Waals surface area contributed by atoms with Crippen LogP contribution in [-0.2, 0) is 36.0 Å². The summed E-state index contributed by atoms with van der Waals surface area (Å²) in [6.07, 6.45) is 0.208. The number of benzene rings is 2. The highest BCUT2D eigenvalue weighted by Crippen LogP contribution is 2.25. The Kier molecular flexibility index (Phi) is 4.43. The largest absolute Gasteiger partial charge is 0.480 e. The van der Waals surface area contributed by atoms with E-state index in [-0.39, 0.29) is 30.9 Å². The fraction of sp³-hybridized carbons (Fsp3) is 0.238. The van der Waals surface area contributed by atoms with E-state index >= 15 is 0 Å². The molecule has 2 heterocycles. The first-order valence-electron chi connectivity index (χ1n) is 8.99. The van der Waals surface area contributed by atoms with Crippen LogP contribution in [0.1, 0.15) is 16.8 Å². The summed E-state index contributed by atoms with van der Waals surface area (Å²) < 4.78 is 1.21. The van der Waals surface area contributed by atoms with Crippen molar-refractivity contribution in [2.45, 2.75) is 25.4 Å². The van der Waals surface area contributed by atoms with E-state index in [0.29, 0.717) is 16.5 Å². The summed E-state index contributed by atoms with van der Waals surface area (Å²) >= 11 is 0. The van der Waals surface area contributed by atoms with Crippen LogP contribution in [0.25, 0.3) is 10.8 Å². The van der Waals surface area contributed by atoms with Crippen LogP contribution in [0.5, 0.6) is 0 Å². The van der Waals surface area contributed by atoms with Crippen LogP contribution in [0.15, 0.2) is 53.3 Å². The number of aliphatic carboxylic acids is 1. The van der Waals surface area contributed by atoms with Crippen LogP contribution in [-0.4, -0.2) is 37.7 Å². The quantitative estimate of drug-likeness (QED) is 0.747. The normalized spacial score (nSPS) is 16.0. The first-order chi connectivity index (χ1) is 13.5. The summed E-state index contributed by atoms with van der Waals surface area (Å²) in [6, 6.07) is 13.6. The smallest absolute Gasteiger partial charge is 0.326 e. The molecular weight excluding hydrogens is 358 g/mol. The van der Waals surface area contributed by atoms with Gasteiger partial charge in [-0.25, -0.2) is 9.48 Å². The number of amides is 1. The van der Waals surface area contributed by atoms with E-state index in [2.05, 4.69) is 5.10 Å². The lowest BCUT2D eigenvalue weighted by molar-refractivity contribution is -0.151. The van der Waals surface area contributed by atoms with Gasteiger partial charge in [0.25, 0.3) is 5.56 Å². The molecule has 4 rings (SSSR count). The Morgan fingerprint density at radius 2 is 1.71 bits per heavy atom. The number of hydrogen-bond acceptors (Lipinski definition) is 4. The molecule has 1 amide bonds. The van der Waals surface area contributed by atoms with E-state index in [1.807, 2.05) is 24.3 Å². The molecule has 1 aromatic heterocycles. The Morgan fingerprint density at radius 1 is 1.07 bits per heavy atom. The Balaban J connectivity index is 1.70. The maximum absolute atomic E-state index is 13.1. The van der Waals surface area contributed by atoms with Crippen molar-refractivity contribution in [1.29, 1.82) is 0 Å². The van der Waals surface area contributed by atoms with Crippen molar-refractivity contribution in [1.82, 2.24) is 14.7 Å². The number of fused-ring (bicyclic) bond motifs is 2. The average Bonchev–Trinajstić information content (AvgIpc) is 2.70. The molecule has 0 saturated heterocycles. The molecule has 3 aromatic rings. The maximum Gasteiger partial charge on any atom is 0.326 e. The van der Waals surface area contributed by atoms with Gasteiger partial charge in [-0.15, -0.1) is 0 Å². The zero-order valence-electron chi connectivity index (χ0n) is 15.3. The predicted molar refractivity (Wildman–Crippen MR) is 103 cm³/mol. The second-order valence-electron chi connectivity index (χ2n) is 6.95. The van der Waals surface area contributed by atoms with Crippen LogP contribution in [0, 0.1) is 0 Å². The lowest BCUT2D eigenvalue weighted by Crippen LogP contribution is -2.49. The maximum atomic E-state index is 13.1. The Hall–Kier alpha value is -3.48. The Labute approximate surface area is 160 Å². The first-order valence-corrected chi connectivity index (χ1v) is 8.99. The molecule has 1 aliphatic rings. The summed E-state index contributed by atoms with van der Waals surface area (Å²) in [4.78, 5) is 38.5. The molecule has 142 valence electrons. The van der Waals surface area contributed by atoms with E-state index in [9.17, 15) is 19.5 Å². The fourth-order valence-corrected chi connectivity index (χ4v) is 3.76. The topological polar surface area (TPSA) is 92.5 Å². The molecule has 0 radical (unpaired) electrons. The highest BCUT2D eigenvalue weighted by Gasteiger charge is 2.34. The standard InChI is InChI=1S/C21H19N3O4/c1-23-20(26)16-9-5-4-8-15(16)17(22-23)11-19(25)24-12-14-7-3-2-6-13(14)10-18(24)21(27)28/h2-9,18H,10-12H2,1H3,(H,27,28)/t18-/m1/s1. The molecule has 0 unspecified atom stereocenters. The molecule has 0 spiro atoms. The molecule has 2 aromatic carbocycles. The third-order valence-electron chi connectivity index (χ3n) is 5.21. The lowest BCUT2D eigenvalue weighted by atomic mass is 9.93. The number of carboxylic acid groups (broad SMARTS) is 1. The van der Waals surface area contributed by atoms with E-state index in [1.54, 1.807) is 31.3 Å². The molecule has 7 heteroatoms. The lowest BCUT2D eigenvalue weighted by Gasteiger charge is -2.34. The Morgan fingerprint density at radius 3 is 2.43 bits per heavy atom. The third kappa shape index (κ3) is 3.05. The first kappa shape index (κ1) is 17.9. The van der Waals surface area contributed by atoms with Crippen LogP contribution >= 0.6 is 0 Å². The van der Waals surface area contributed by atoms with Crippen molar-refractivity contribution in [3.8, 4) is 0 Å².